The van der Waals surface area contributed by atoms with Crippen LogP contribution in [0.15, 0.2) is 48.5 Å². The summed E-state index contributed by atoms with van der Waals surface area (Å²) in [5, 5.41) is 14.4. The smallest absolute Gasteiger partial charge is 0.407 e. The molecule has 0 aliphatic heterocycles. The van der Waals surface area contributed by atoms with Crippen molar-refractivity contribution in [1.29, 1.82) is 0 Å². The third-order valence-electron chi connectivity index (χ3n) is 5.99. The molecule has 182 valence electrons. The number of carboxylic acids is 1. The normalized spacial score (nSPS) is 13.9. The van der Waals surface area contributed by atoms with Crippen molar-refractivity contribution in [3.8, 4) is 11.1 Å². The number of methoxy groups -OCH3 is 1. The van der Waals surface area contributed by atoms with Crippen molar-refractivity contribution >= 4 is 18.0 Å². The first-order chi connectivity index (χ1) is 16.4. The van der Waals surface area contributed by atoms with E-state index in [1.807, 2.05) is 31.2 Å². The fourth-order valence-electron chi connectivity index (χ4n) is 4.36. The number of hydrogen-bond acceptors (Lipinski definition) is 5. The third kappa shape index (κ3) is 6.57. The van der Waals surface area contributed by atoms with Gasteiger partial charge in [0.05, 0.1) is 18.9 Å². The van der Waals surface area contributed by atoms with Gasteiger partial charge in [0.1, 0.15) is 6.61 Å². The molecule has 3 rings (SSSR count). The van der Waals surface area contributed by atoms with Gasteiger partial charge < -0.3 is 25.2 Å². The van der Waals surface area contributed by atoms with E-state index in [1.54, 1.807) is 0 Å². The molecule has 0 bridgehead atoms. The summed E-state index contributed by atoms with van der Waals surface area (Å²) in [5.74, 6) is -1.31. The Morgan fingerprint density at radius 3 is 2.18 bits per heavy atom. The molecule has 1 aliphatic carbocycles. The van der Waals surface area contributed by atoms with Crippen molar-refractivity contribution in [3.63, 3.8) is 0 Å². The molecule has 2 aromatic rings. The van der Waals surface area contributed by atoms with Crippen LogP contribution in [0.4, 0.5) is 4.79 Å². The number of hydrogen-bond donors (Lipinski definition) is 3. The Bertz CT molecular complexity index is 963. The molecule has 0 aromatic heterocycles. The van der Waals surface area contributed by atoms with E-state index in [4.69, 9.17) is 14.6 Å². The van der Waals surface area contributed by atoms with E-state index in [1.165, 1.54) is 7.11 Å². The van der Waals surface area contributed by atoms with Gasteiger partial charge in [0.25, 0.3) is 0 Å². The Morgan fingerprint density at radius 1 is 1.00 bits per heavy atom. The Labute approximate surface area is 199 Å². The first-order valence-electron chi connectivity index (χ1n) is 11.6. The Kier molecular flexibility index (Phi) is 9.04. The zero-order chi connectivity index (χ0) is 24.5. The monoisotopic (exact) mass is 468 g/mol. The summed E-state index contributed by atoms with van der Waals surface area (Å²) in [6.07, 6.45) is 0.0599. The maximum atomic E-state index is 12.4. The van der Waals surface area contributed by atoms with Crippen LogP contribution in [0.25, 0.3) is 11.1 Å². The third-order valence-corrected chi connectivity index (χ3v) is 5.99. The highest BCUT2D eigenvalue weighted by Crippen LogP contribution is 2.44. The Morgan fingerprint density at radius 2 is 1.62 bits per heavy atom. The van der Waals surface area contributed by atoms with E-state index in [9.17, 15) is 14.4 Å². The summed E-state index contributed by atoms with van der Waals surface area (Å²) in [6, 6.07) is 15.8. The molecule has 8 nitrogen and oxygen atoms in total. The molecule has 2 aromatic carbocycles. The van der Waals surface area contributed by atoms with Crippen LogP contribution in [0, 0.1) is 0 Å². The van der Waals surface area contributed by atoms with Crippen LogP contribution >= 0.6 is 0 Å². The number of aliphatic carboxylic acids is 1. The van der Waals surface area contributed by atoms with Crippen LogP contribution in [0.3, 0.4) is 0 Å². The van der Waals surface area contributed by atoms with Crippen LogP contribution in [0.5, 0.6) is 0 Å². The van der Waals surface area contributed by atoms with Gasteiger partial charge in [-0.05, 0) is 28.7 Å². The van der Waals surface area contributed by atoms with Crippen molar-refractivity contribution in [2.45, 2.75) is 50.7 Å². The number of fused-ring (bicyclic) bond motifs is 3. The molecule has 0 spiro atoms. The molecule has 0 heterocycles. The minimum Gasteiger partial charge on any atom is -0.481 e. The summed E-state index contributed by atoms with van der Waals surface area (Å²) in [6.45, 7) is 2.22. The number of carbonyl (C=O) groups excluding carboxylic acids is 2. The highest BCUT2D eigenvalue weighted by atomic mass is 16.5. The zero-order valence-electron chi connectivity index (χ0n) is 19.6. The van der Waals surface area contributed by atoms with Gasteiger partial charge in [-0.2, -0.15) is 0 Å². The van der Waals surface area contributed by atoms with Gasteiger partial charge in [-0.25, -0.2) is 4.79 Å². The van der Waals surface area contributed by atoms with Gasteiger partial charge >= 0.3 is 12.1 Å². The molecule has 0 radical (unpaired) electrons. The maximum absolute atomic E-state index is 12.4. The summed E-state index contributed by atoms with van der Waals surface area (Å²) in [4.78, 5) is 35.7. The lowest BCUT2D eigenvalue weighted by atomic mass is 9.98. The summed E-state index contributed by atoms with van der Waals surface area (Å²) in [7, 11) is 1.46. The lowest BCUT2D eigenvalue weighted by molar-refractivity contribution is -0.137. The predicted molar refractivity (Wildman–Crippen MR) is 128 cm³/mol. The second-order valence-corrected chi connectivity index (χ2v) is 8.42. The second kappa shape index (κ2) is 12.2. The number of amides is 2. The fraction of sp³-hybridized carbons (Fsp3) is 0.423. The van der Waals surface area contributed by atoms with E-state index >= 15 is 0 Å². The van der Waals surface area contributed by atoms with Gasteiger partial charge in [-0.15, -0.1) is 0 Å². The van der Waals surface area contributed by atoms with Crippen LogP contribution in [0.2, 0.25) is 0 Å². The number of ether oxygens (including phenoxy) is 2. The highest BCUT2D eigenvalue weighted by Gasteiger charge is 2.29. The lowest BCUT2D eigenvalue weighted by Crippen LogP contribution is -2.41. The molecule has 3 N–H and O–H groups in total. The molecule has 8 heteroatoms. The topological polar surface area (TPSA) is 114 Å². The molecule has 34 heavy (non-hydrogen) atoms. The molecule has 2 amide bonds. The van der Waals surface area contributed by atoms with Gasteiger partial charge in [0.15, 0.2) is 0 Å². The molecule has 0 saturated heterocycles. The molecule has 0 fully saturated rings. The minimum absolute atomic E-state index is 0.0000109. The van der Waals surface area contributed by atoms with E-state index in [-0.39, 0.29) is 37.8 Å². The number of carboxylic acid groups (broad SMARTS) is 1. The fourth-order valence-corrected chi connectivity index (χ4v) is 4.36. The number of rotatable bonds is 12. The Hall–Kier alpha value is -3.39. The van der Waals surface area contributed by atoms with Gasteiger partial charge in [0.2, 0.25) is 5.91 Å². The molecule has 1 aliphatic rings. The number of alkyl carbamates (subject to hydrolysis) is 1. The number of benzene rings is 2. The van der Waals surface area contributed by atoms with Crippen molar-refractivity contribution in [3.05, 3.63) is 59.7 Å². The first-order valence-corrected chi connectivity index (χ1v) is 11.6. The minimum atomic E-state index is -0.959. The standard InChI is InChI=1S/C26H32N2O6/c1-3-8-17(13-25(30)31)28-24(29)14-18(33-2)15-27-26(32)34-16-23-21-11-6-4-9-19(21)20-10-5-7-12-22(20)23/h4-7,9-12,17-18,23H,3,8,13-16H2,1-2H3,(H,27,32)(H,28,29)(H,30,31)/t17-,18?/m1/s1. The predicted octanol–water partition coefficient (Wildman–Crippen LogP) is 3.69. The summed E-state index contributed by atoms with van der Waals surface area (Å²) < 4.78 is 10.8. The lowest BCUT2D eigenvalue weighted by Gasteiger charge is -2.20. The van der Waals surface area contributed by atoms with Crippen LogP contribution in [-0.4, -0.2) is 55.5 Å². The number of nitrogens with one attached hydrogen (secondary N) is 2. The van der Waals surface area contributed by atoms with Crippen molar-refractivity contribution in [2.24, 2.45) is 0 Å². The quantitative estimate of drug-likeness (QED) is 0.438. The Balaban J connectivity index is 1.48. The largest absolute Gasteiger partial charge is 0.481 e. The average molecular weight is 469 g/mol. The van der Waals surface area contributed by atoms with Crippen LogP contribution < -0.4 is 10.6 Å². The molecular formula is C26H32N2O6. The summed E-state index contributed by atoms with van der Waals surface area (Å²) in [5.41, 5.74) is 4.57. The van der Waals surface area contributed by atoms with E-state index in [2.05, 4.69) is 34.9 Å². The molecular weight excluding hydrogens is 436 g/mol. The van der Waals surface area contributed by atoms with Gasteiger partial charge in [0, 0.05) is 25.6 Å². The molecule has 1 unspecified atom stereocenters. The highest BCUT2D eigenvalue weighted by molar-refractivity contribution is 5.79. The molecule has 2 atom stereocenters. The van der Waals surface area contributed by atoms with Crippen molar-refractivity contribution in [1.82, 2.24) is 10.6 Å². The van der Waals surface area contributed by atoms with E-state index in [0.717, 1.165) is 28.7 Å². The first kappa shape index (κ1) is 25.2. The van der Waals surface area contributed by atoms with Crippen molar-refractivity contribution in [2.75, 3.05) is 20.3 Å². The number of carbonyl (C=O) groups is 3. The van der Waals surface area contributed by atoms with Crippen LogP contribution in [0.1, 0.15) is 49.7 Å². The molecule has 0 saturated carbocycles. The average Bonchev–Trinajstić information content (AvgIpc) is 3.14. The second-order valence-electron chi connectivity index (χ2n) is 8.42. The summed E-state index contributed by atoms with van der Waals surface area (Å²) >= 11 is 0. The maximum Gasteiger partial charge on any atom is 0.407 e. The van der Waals surface area contributed by atoms with Gasteiger partial charge in [-0.3, -0.25) is 9.59 Å². The van der Waals surface area contributed by atoms with Gasteiger partial charge in [-0.1, -0.05) is 61.9 Å². The van der Waals surface area contributed by atoms with E-state index in [0.29, 0.717) is 6.42 Å². The zero-order valence-corrected chi connectivity index (χ0v) is 19.6. The van der Waals surface area contributed by atoms with E-state index < -0.39 is 24.2 Å². The SMILES string of the molecule is CCC[C@H](CC(=O)O)NC(=O)CC(CNC(=O)OCC1c2ccccc2-c2ccccc21)OC. The van der Waals surface area contributed by atoms with Crippen molar-refractivity contribution < 1.29 is 29.0 Å². The van der Waals surface area contributed by atoms with Crippen LogP contribution in [-0.2, 0) is 19.1 Å².